The molecule has 4 saturated carbocycles. The summed E-state index contributed by atoms with van der Waals surface area (Å²) in [6.07, 6.45) is 7.40. The zero-order chi connectivity index (χ0) is 25.0. The van der Waals surface area contributed by atoms with E-state index in [0.717, 1.165) is 53.8 Å². The molecule has 4 fully saturated rings. The molecule has 4 aliphatic rings. The minimum Gasteiger partial charge on any atom is -0.321 e. The topological polar surface area (TPSA) is 75.3 Å². The monoisotopic (exact) mass is 494 g/mol. The molecule has 1 amide bonds. The van der Waals surface area contributed by atoms with Crippen LogP contribution in [0.25, 0.3) is 0 Å². The van der Waals surface area contributed by atoms with Crippen molar-refractivity contribution >= 4 is 21.6 Å². The van der Waals surface area contributed by atoms with Crippen LogP contribution in [0.3, 0.4) is 0 Å². The van der Waals surface area contributed by atoms with Gasteiger partial charge in [0.25, 0.3) is 5.91 Å². The minimum absolute atomic E-state index is 0.0783. The smallest absolute Gasteiger partial charge is 0.255 e. The quantitative estimate of drug-likeness (QED) is 0.477. The van der Waals surface area contributed by atoms with Crippen LogP contribution >= 0.6 is 0 Å². The normalized spacial score (nSPS) is 28.3. The van der Waals surface area contributed by atoms with Gasteiger partial charge < -0.3 is 5.32 Å². The Hall–Kier alpha value is -2.18. The first kappa shape index (κ1) is 24.5. The highest BCUT2D eigenvalue weighted by molar-refractivity contribution is 7.89. The second-order valence-corrected chi connectivity index (χ2v) is 13.5. The molecule has 0 heterocycles. The number of sulfonamides is 1. The Kier molecular flexibility index (Phi) is 6.33. The van der Waals surface area contributed by atoms with Crippen LogP contribution in [0, 0.1) is 30.1 Å². The zero-order valence-electron chi connectivity index (χ0n) is 21.3. The van der Waals surface area contributed by atoms with E-state index in [9.17, 15) is 13.2 Å². The summed E-state index contributed by atoms with van der Waals surface area (Å²) in [4.78, 5) is 13.3. The van der Waals surface area contributed by atoms with Gasteiger partial charge in [-0.15, -0.1) is 0 Å². The third-order valence-electron chi connectivity index (χ3n) is 8.91. The molecule has 188 valence electrons. The molecule has 0 radical (unpaired) electrons. The molecule has 1 atom stereocenters. The van der Waals surface area contributed by atoms with E-state index in [2.05, 4.69) is 23.9 Å². The van der Waals surface area contributed by atoms with Crippen molar-refractivity contribution in [2.24, 2.45) is 23.2 Å². The van der Waals surface area contributed by atoms with Crippen LogP contribution in [0.1, 0.15) is 86.7 Å². The SMILES string of the molecule is Cc1cccc(C(C)C)c1NC(=O)c1cccc(S(=O)(=O)NC(C)C23CC4CC(CC(C4)C2)C3)c1. The molecule has 5 nitrogen and oxygen atoms in total. The van der Waals surface area contributed by atoms with Crippen LogP contribution in [0.5, 0.6) is 0 Å². The van der Waals surface area contributed by atoms with Crippen molar-refractivity contribution in [2.75, 3.05) is 5.32 Å². The number of para-hydroxylation sites is 1. The number of carbonyl (C=O) groups is 1. The second kappa shape index (κ2) is 9.04. The van der Waals surface area contributed by atoms with Crippen molar-refractivity contribution < 1.29 is 13.2 Å². The number of anilines is 1. The minimum atomic E-state index is -3.74. The fourth-order valence-corrected chi connectivity index (χ4v) is 8.86. The van der Waals surface area contributed by atoms with E-state index in [1.165, 1.54) is 25.3 Å². The summed E-state index contributed by atoms with van der Waals surface area (Å²) < 4.78 is 29.9. The summed E-state index contributed by atoms with van der Waals surface area (Å²) in [5, 5.41) is 3.03. The Balaban J connectivity index is 1.34. The number of amides is 1. The van der Waals surface area contributed by atoms with Crippen LogP contribution in [-0.2, 0) is 10.0 Å². The molecular weight excluding hydrogens is 456 g/mol. The van der Waals surface area contributed by atoms with E-state index in [4.69, 9.17) is 0 Å². The van der Waals surface area contributed by atoms with Gasteiger partial charge in [0.15, 0.2) is 0 Å². The molecule has 2 aromatic carbocycles. The van der Waals surface area contributed by atoms with Crippen LogP contribution in [0.15, 0.2) is 47.4 Å². The van der Waals surface area contributed by atoms with Gasteiger partial charge >= 0.3 is 0 Å². The molecule has 2 aromatic rings. The van der Waals surface area contributed by atoms with Crippen LogP contribution < -0.4 is 10.0 Å². The molecule has 0 aromatic heterocycles. The molecule has 6 rings (SSSR count). The lowest BCUT2D eigenvalue weighted by atomic mass is 9.48. The number of carbonyl (C=O) groups excluding carboxylic acids is 1. The van der Waals surface area contributed by atoms with Gasteiger partial charge in [-0.25, -0.2) is 13.1 Å². The molecule has 0 saturated heterocycles. The highest BCUT2D eigenvalue weighted by atomic mass is 32.2. The maximum Gasteiger partial charge on any atom is 0.255 e. The number of aryl methyl sites for hydroxylation is 1. The third-order valence-corrected chi connectivity index (χ3v) is 10.4. The maximum absolute atomic E-state index is 13.4. The van der Waals surface area contributed by atoms with Gasteiger partial charge in [0.2, 0.25) is 10.0 Å². The summed E-state index contributed by atoms with van der Waals surface area (Å²) in [5.74, 6) is 2.24. The van der Waals surface area contributed by atoms with E-state index in [0.29, 0.717) is 5.56 Å². The first-order valence-electron chi connectivity index (χ1n) is 13.1. The fourth-order valence-electron chi connectivity index (χ4n) is 7.47. The number of benzene rings is 2. The number of rotatable bonds is 7. The summed E-state index contributed by atoms with van der Waals surface area (Å²) in [7, 11) is -3.74. The number of nitrogens with one attached hydrogen (secondary N) is 2. The summed E-state index contributed by atoms with van der Waals surface area (Å²) >= 11 is 0. The van der Waals surface area contributed by atoms with Crippen LogP contribution in [-0.4, -0.2) is 20.4 Å². The lowest BCUT2D eigenvalue weighted by molar-refractivity contribution is -0.0666. The van der Waals surface area contributed by atoms with Crippen molar-refractivity contribution in [1.29, 1.82) is 0 Å². The Morgan fingerprint density at radius 1 is 0.943 bits per heavy atom. The molecule has 0 aliphatic heterocycles. The molecule has 1 unspecified atom stereocenters. The van der Waals surface area contributed by atoms with Gasteiger partial charge in [0, 0.05) is 17.3 Å². The highest BCUT2D eigenvalue weighted by Gasteiger charge is 2.53. The Labute approximate surface area is 210 Å². The first-order chi connectivity index (χ1) is 16.6. The predicted octanol–water partition coefficient (Wildman–Crippen LogP) is 6.25. The van der Waals surface area contributed by atoms with Gasteiger partial charge in [-0.05, 0) is 111 Å². The van der Waals surface area contributed by atoms with Gasteiger partial charge in [0.05, 0.1) is 4.90 Å². The summed E-state index contributed by atoms with van der Waals surface area (Å²) in [6.45, 7) is 8.20. The lowest BCUT2D eigenvalue weighted by Gasteiger charge is -2.59. The van der Waals surface area contributed by atoms with Crippen molar-refractivity contribution in [3.8, 4) is 0 Å². The molecule has 6 heteroatoms. The lowest BCUT2D eigenvalue weighted by Crippen LogP contribution is -2.55. The Morgan fingerprint density at radius 3 is 2.14 bits per heavy atom. The summed E-state index contributed by atoms with van der Waals surface area (Å²) in [6, 6.07) is 12.3. The van der Waals surface area contributed by atoms with E-state index in [-0.39, 0.29) is 28.2 Å². The Morgan fingerprint density at radius 2 is 1.54 bits per heavy atom. The van der Waals surface area contributed by atoms with Crippen molar-refractivity contribution in [1.82, 2.24) is 4.72 Å². The first-order valence-corrected chi connectivity index (χ1v) is 14.6. The maximum atomic E-state index is 13.4. The fraction of sp³-hybridized carbons (Fsp3) is 0.552. The molecular formula is C29H38N2O3S. The highest BCUT2D eigenvalue weighted by Crippen LogP contribution is 2.61. The number of hydrogen-bond donors (Lipinski definition) is 2. The van der Waals surface area contributed by atoms with E-state index in [1.54, 1.807) is 18.2 Å². The van der Waals surface area contributed by atoms with Crippen molar-refractivity contribution in [3.05, 3.63) is 59.2 Å². The van der Waals surface area contributed by atoms with Crippen LogP contribution in [0.2, 0.25) is 0 Å². The number of hydrogen-bond acceptors (Lipinski definition) is 3. The average molecular weight is 495 g/mol. The molecule has 4 aliphatic carbocycles. The van der Waals surface area contributed by atoms with Crippen molar-refractivity contribution in [2.45, 2.75) is 83.1 Å². The van der Waals surface area contributed by atoms with Crippen molar-refractivity contribution in [3.63, 3.8) is 0 Å². The summed E-state index contributed by atoms with van der Waals surface area (Å²) in [5.41, 5.74) is 3.27. The van der Waals surface area contributed by atoms with E-state index < -0.39 is 10.0 Å². The molecule has 35 heavy (non-hydrogen) atoms. The average Bonchev–Trinajstić information content (AvgIpc) is 2.79. The van der Waals surface area contributed by atoms with Gasteiger partial charge in [-0.3, -0.25) is 4.79 Å². The molecule has 4 bridgehead atoms. The van der Waals surface area contributed by atoms with Gasteiger partial charge in [0.1, 0.15) is 0 Å². The standard InChI is InChI=1S/C29H38N2O3S/c1-18(2)26-10-5-7-19(3)27(26)30-28(32)24-8-6-9-25(14-24)35(33,34)31-20(4)29-15-21-11-22(16-29)13-23(12-21)17-29/h5-10,14,18,20-23,31H,11-13,15-17H2,1-4H3,(H,30,32). The molecule has 0 spiro atoms. The van der Waals surface area contributed by atoms with E-state index in [1.807, 2.05) is 32.0 Å². The third kappa shape index (κ3) is 4.67. The largest absolute Gasteiger partial charge is 0.321 e. The second-order valence-electron chi connectivity index (χ2n) is 11.8. The van der Waals surface area contributed by atoms with Crippen LogP contribution in [0.4, 0.5) is 5.69 Å². The Bertz CT molecular complexity index is 1200. The molecule has 2 N–H and O–H groups in total. The predicted molar refractivity (Wildman–Crippen MR) is 140 cm³/mol. The zero-order valence-corrected chi connectivity index (χ0v) is 22.1. The van der Waals surface area contributed by atoms with Gasteiger partial charge in [-0.2, -0.15) is 0 Å². The van der Waals surface area contributed by atoms with Gasteiger partial charge in [-0.1, -0.05) is 38.1 Å². The van der Waals surface area contributed by atoms with E-state index >= 15 is 0 Å².